The molecule has 2 atom stereocenters. The Morgan fingerprint density at radius 3 is 2.58 bits per heavy atom. The van der Waals surface area contributed by atoms with Crippen LogP contribution >= 0.6 is 11.6 Å². The largest absolute Gasteiger partial charge is 0.340 e. The van der Waals surface area contributed by atoms with Crippen LogP contribution in [0, 0.1) is 5.92 Å². The Bertz CT molecular complexity index is 758. The molecule has 0 spiro atoms. The van der Waals surface area contributed by atoms with Crippen molar-refractivity contribution < 1.29 is 4.79 Å². The van der Waals surface area contributed by atoms with E-state index in [-0.39, 0.29) is 5.91 Å². The van der Waals surface area contributed by atoms with E-state index in [0.29, 0.717) is 22.5 Å². The molecule has 2 aromatic rings. The molecule has 0 bridgehead atoms. The standard InChI is InChI=1S/C21H24ClN3O/c22-17-8-10-18(11-9-17)24-20-12-7-16(14-23-20)21(26)25-13-3-5-15-4-1-2-6-19(15)25/h7-12,14-15,19H,1-6,13H2,(H,23,24). The third-order valence-corrected chi connectivity index (χ3v) is 5.88. The minimum Gasteiger partial charge on any atom is -0.340 e. The Balaban J connectivity index is 1.45. The second-order valence-corrected chi connectivity index (χ2v) is 7.75. The summed E-state index contributed by atoms with van der Waals surface area (Å²) in [5, 5.41) is 3.93. The Morgan fingerprint density at radius 1 is 1.04 bits per heavy atom. The van der Waals surface area contributed by atoms with Crippen molar-refractivity contribution in [3.8, 4) is 0 Å². The number of likely N-dealkylation sites (tertiary alicyclic amines) is 1. The lowest BCUT2D eigenvalue weighted by Crippen LogP contribution is -2.49. The average molecular weight is 370 g/mol. The number of halogens is 1. The van der Waals surface area contributed by atoms with Gasteiger partial charge in [0.1, 0.15) is 5.82 Å². The molecule has 1 aromatic heterocycles. The van der Waals surface area contributed by atoms with Gasteiger partial charge in [0.15, 0.2) is 0 Å². The van der Waals surface area contributed by atoms with Crippen molar-refractivity contribution in [2.75, 3.05) is 11.9 Å². The van der Waals surface area contributed by atoms with Crippen molar-refractivity contribution in [1.29, 1.82) is 0 Å². The van der Waals surface area contributed by atoms with E-state index < -0.39 is 0 Å². The van der Waals surface area contributed by atoms with Gasteiger partial charge in [-0.25, -0.2) is 4.98 Å². The predicted octanol–water partition coefficient (Wildman–Crippen LogP) is 5.27. The maximum Gasteiger partial charge on any atom is 0.255 e. The molecule has 1 aromatic carbocycles. The number of nitrogens with one attached hydrogen (secondary N) is 1. The van der Waals surface area contributed by atoms with E-state index in [1.54, 1.807) is 6.20 Å². The minimum absolute atomic E-state index is 0.132. The molecule has 1 saturated heterocycles. The van der Waals surface area contributed by atoms with Crippen LogP contribution in [-0.4, -0.2) is 28.4 Å². The molecule has 1 amide bonds. The summed E-state index contributed by atoms with van der Waals surface area (Å²) in [6, 6.07) is 11.6. The fraction of sp³-hybridized carbons (Fsp3) is 0.429. The fourth-order valence-corrected chi connectivity index (χ4v) is 4.44. The molecule has 2 fully saturated rings. The van der Waals surface area contributed by atoms with Gasteiger partial charge < -0.3 is 10.2 Å². The fourth-order valence-electron chi connectivity index (χ4n) is 4.32. The second kappa shape index (κ2) is 7.67. The Kier molecular flexibility index (Phi) is 5.11. The number of benzene rings is 1. The molecule has 2 unspecified atom stereocenters. The summed E-state index contributed by atoms with van der Waals surface area (Å²) in [5.41, 5.74) is 1.60. The van der Waals surface area contributed by atoms with E-state index in [1.807, 2.05) is 36.4 Å². The molecule has 4 nitrogen and oxygen atoms in total. The summed E-state index contributed by atoms with van der Waals surface area (Å²) in [6.07, 6.45) is 9.07. The number of anilines is 2. The molecule has 2 heterocycles. The van der Waals surface area contributed by atoms with Gasteiger partial charge in [-0.2, -0.15) is 0 Å². The monoisotopic (exact) mass is 369 g/mol. The van der Waals surface area contributed by atoms with Crippen LogP contribution in [0.4, 0.5) is 11.5 Å². The zero-order valence-corrected chi connectivity index (χ0v) is 15.6. The number of rotatable bonds is 3. The molecule has 1 saturated carbocycles. The molecule has 4 rings (SSSR count). The van der Waals surface area contributed by atoms with Gasteiger partial charge in [-0.3, -0.25) is 4.79 Å². The molecule has 5 heteroatoms. The highest BCUT2D eigenvalue weighted by molar-refractivity contribution is 6.30. The number of fused-ring (bicyclic) bond motifs is 1. The van der Waals surface area contributed by atoms with Gasteiger partial charge in [-0.1, -0.05) is 24.4 Å². The first-order valence-corrected chi connectivity index (χ1v) is 9.88. The Morgan fingerprint density at radius 2 is 1.81 bits per heavy atom. The zero-order valence-electron chi connectivity index (χ0n) is 14.8. The number of pyridine rings is 1. The number of carbonyl (C=O) groups is 1. The van der Waals surface area contributed by atoms with E-state index >= 15 is 0 Å². The van der Waals surface area contributed by atoms with Crippen molar-refractivity contribution >= 4 is 29.0 Å². The summed E-state index contributed by atoms with van der Waals surface area (Å²) in [5.74, 6) is 1.55. The van der Waals surface area contributed by atoms with Gasteiger partial charge in [0.2, 0.25) is 0 Å². The van der Waals surface area contributed by atoms with Crippen LogP contribution in [0.1, 0.15) is 48.9 Å². The zero-order chi connectivity index (χ0) is 17.9. The summed E-state index contributed by atoms with van der Waals surface area (Å²) in [7, 11) is 0. The predicted molar refractivity (Wildman–Crippen MR) is 105 cm³/mol. The van der Waals surface area contributed by atoms with Crippen LogP contribution < -0.4 is 5.32 Å². The van der Waals surface area contributed by atoms with Gasteiger partial charge in [0.25, 0.3) is 5.91 Å². The van der Waals surface area contributed by atoms with Gasteiger partial charge >= 0.3 is 0 Å². The second-order valence-electron chi connectivity index (χ2n) is 7.32. The molecule has 136 valence electrons. The van der Waals surface area contributed by atoms with Crippen LogP contribution in [0.15, 0.2) is 42.6 Å². The molecular formula is C21H24ClN3O. The number of amides is 1. The quantitative estimate of drug-likeness (QED) is 0.801. The van der Waals surface area contributed by atoms with Crippen LogP contribution in [0.3, 0.4) is 0 Å². The highest BCUT2D eigenvalue weighted by Crippen LogP contribution is 2.36. The van der Waals surface area contributed by atoms with Crippen molar-refractivity contribution in [3.63, 3.8) is 0 Å². The Labute approximate surface area is 159 Å². The van der Waals surface area contributed by atoms with Crippen molar-refractivity contribution in [1.82, 2.24) is 9.88 Å². The number of carbonyl (C=O) groups excluding carboxylic acids is 1. The van der Waals surface area contributed by atoms with Gasteiger partial charge in [-0.05, 0) is 68.0 Å². The van der Waals surface area contributed by atoms with E-state index in [1.165, 1.54) is 25.7 Å². The first kappa shape index (κ1) is 17.3. The summed E-state index contributed by atoms with van der Waals surface area (Å²) >= 11 is 5.91. The number of nitrogens with zero attached hydrogens (tertiary/aromatic N) is 2. The molecule has 26 heavy (non-hydrogen) atoms. The molecule has 1 aliphatic heterocycles. The summed E-state index contributed by atoms with van der Waals surface area (Å²) in [6.45, 7) is 0.880. The molecular weight excluding hydrogens is 346 g/mol. The van der Waals surface area contributed by atoms with Crippen LogP contribution in [0.5, 0.6) is 0 Å². The number of aromatic nitrogens is 1. The van der Waals surface area contributed by atoms with Crippen LogP contribution in [0.25, 0.3) is 0 Å². The van der Waals surface area contributed by atoms with Gasteiger partial charge in [0.05, 0.1) is 5.56 Å². The van der Waals surface area contributed by atoms with Crippen molar-refractivity contribution in [3.05, 3.63) is 53.2 Å². The van der Waals surface area contributed by atoms with E-state index in [0.717, 1.165) is 30.9 Å². The lowest BCUT2D eigenvalue weighted by Gasteiger charge is -2.44. The number of piperidine rings is 1. The van der Waals surface area contributed by atoms with Crippen LogP contribution in [0.2, 0.25) is 5.02 Å². The lowest BCUT2D eigenvalue weighted by molar-refractivity contribution is 0.0390. The highest BCUT2D eigenvalue weighted by Gasteiger charge is 2.35. The molecule has 0 radical (unpaired) electrons. The average Bonchev–Trinajstić information content (AvgIpc) is 2.69. The first-order valence-electron chi connectivity index (χ1n) is 9.50. The maximum atomic E-state index is 13.0. The molecule has 1 N–H and O–H groups in total. The smallest absolute Gasteiger partial charge is 0.255 e. The SMILES string of the molecule is O=C(c1ccc(Nc2ccc(Cl)cc2)nc1)N1CCCC2CCCCC21. The minimum atomic E-state index is 0.132. The third-order valence-electron chi connectivity index (χ3n) is 5.63. The highest BCUT2D eigenvalue weighted by atomic mass is 35.5. The topological polar surface area (TPSA) is 45.2 Å². The molecule has 2 aliphatic rings. The van der Waals surface area contributed by atoms with E-state index in [9.17, 15) is 4.79 Å². The first-order chi connectivity index (χ1) is 12.7. The van der Waals surface area contributed by atoms with Gasteiger partial charge in [0, 0.05) is 29.5 Å². The van der Waals surface area contributed by atoms with Crippen LogP contribution in [-0.2, 0) is 0 Å². The van der Waals surface area contributed by atoms with E-state index in [4.69, 9.17) is 11.6 Å². The lowest BCUT2D eigenvalue weighted by atomic mass is 9.78. The van der Waals surface area contributed by atoms with Crippen molar-refractivity contribution in [2.45, 2.75) is 44.6 Å². The van der Waals surface area contributed by atoms with Crippen molar-refractivity contribution in [2.24, 2.45) is 5.92 Å². The molecule has 1 aliphatic carbocycles. The third kappa shape index (κ3) is 3.70. The number of hydrogen-bond acceptors (Lipinski definition) is 3. The maximum absolute atomic E-state index is 13.0. The number of hydrogen-bond donors (Lipinski definition) is 1. The summed E-state index contributed by atoms with van der Waals surface area (Å²) < 4.78 is 0. The van der Waals surface area contributed by atoms with E-state index in [2.05, 4.69) is 15.2 Å². The Hall–Kier alpha value is -2.07. The summed E-state index contributed by atoms with van der Waals surface area (Å²) in [4.78, 5) is 19.5. The van der Waals surface area contributed by atoms with Gasteiger partial charge in [-0.15, -0.1) is 0 Å². The normalized spacial score (nSPS) is 22.6.